The Balaban J connectivity index is 2.79. The lowest BCUT2D eigenvalue weighted by Crippen LogP contribution is -2.37. The highest BCUT2D eigenvalue weighted by molar-refractivity contribution is 6.65. The van der Waals surface area contributed by atoms with Gasteiger partial charge in [-0.3, -0.25) is 4.79 Å². The van der Waals surface area contributed by atoms with Crippen molar-refractivity contribution in [3.63, 3.8) is 0 Å². The van der Waals surface area contributed by atoms with Crippen molar-refractivity contribution in [2.75, 3.05) is 20.8 Å². The average Bonchev–Trinajstić information content (AvgIpc) is 2.55. The van der Waals surface area contributed by atoms with Crippen LogP contribution >= 0.6 is 0 Å². The molecule has 1 amide bonds. The quantitative estimate of drug-likeness (QED) is 0.247. The molecule has 0 saturated carbocycles. The monoisotopic (exact) mass is 357 g/mol. The van der Waals surface area contributed by atoms with Crippen LogP contribution in [0.4, 0.5) is 22.0 Å². The molecule has 0 heterocycles. The summed E-state index contributed by atoms with van der Waals surface area (Å²) >= 11 is 0. The molecule has 1 aromatic rings. The fourth-order valence-electron chi connectivity index (χ4n) is 1.79. The van der Waals surface area contributed by atoms with E-state index in [0.29, 0.717) is 6.04 Å². The first kappa shape index (κ1) is 19.5. The van der Waals surface area contributed by atoms with Gasteiger partial charge in [-0.25, -0.2) is 17.6 Å². The second-order valence-corrected chi connectivity index (χ2v) is 8.47. The maximum absolute atomic E-state index is 13.7. The van der Waals surface area contributed by atoms with E-state index in [2.05, 4.69) is 0 Å². The van der Waals surface area contributed by atoms with E-state index in [4.69, 9.17) is 8.85 Å². The third kappa shape index (κ3) is 4.49. The summed E-state index contributed by atoms with van der Waals surface area (Å²) in [4.78, 5) is 11.7. The van der Waals surface area contributed by atoms with Crippen molar-refractivity contribution >= 4 is 14.5 Å². The minimum absolute atomic E-state index is 0.117. The first-order valence-electron chi connectivity index (χ1n) is 6.57. The molecule has 0 fully saturated rings. The summed E-state index contributed by atoms with van der Waals surface area (Å²) in [5, 5.41) is -0.394. The summed E-state index contributed by atoms with van der Waals surface area (Å²) in [6, 6.07) is 0.453. The zero-order valence-electron chi connectivity index (χ0n) is 12.8. The molecule has 0 unspecified atom stereocenters. The molecule has 0 N–H and O–H groups in total. The smallest absolute Gasteiger partial charge is 0.334 e. The zero-order chi connectivity index (χ0) is 17.8. The van der Waals surface area contributed by atoms with E-state index in [1.165, 1.54) is 14.2 Å². The predicted octanol–water partition coefficient (Wildman–Crippen LogP) is 3.32. The number of carbonyl (C=O) groups is 1. The lowest BCUT2D eigenvalue weighted by molar-refractivity contribution is 0.0187. The van der Waals surface area contributed by atoms with Crippen LogP contribution in [0.2, 0.25) is 12.6 Å². The SMILES string of the molecule is CO[Si](C)(CCCN(F)C(=O)c1cc(F)c(F)c(F)c1F)OC. The molecular formula is C13H16F5NO3Si. The molecule has 0 atom stereocenters. The first-order valence-corrected chi connectivity index (χ1v) is 9.10. The molecule has 1 aromatic carbocycles. The minimum atomic E-state index is -2.46. The molecule has 0 aliphatic heterocycles. The average molecular weight is 357 g/mol. The summed E-state index contributed by atoms with van der Waals surface area (Å²) in [7, 11) is 0.413. The number of benzene rings is 1. The van der Waals surface area contributed by atoms with Gasteiger partial charge >= 0.3 is 8.56 Å². The van der Waals surface area contributed by atoms with Crippen LogP contribution in [-0.4, -0.2) is 40.4 Å². The summed E-state index contributed by atoms with van der Waals surface area (Å²) in [6.07, 6.45) is 0.125. The van der Waals surface area contributed by atoms with Crippen LogP contribution in [-0.2, 0) is 8.85 Å². The number of rotatable bonds is 7. The number of carbonyl (C=O) groups excluding carboxylic acids is 1. The maximum Gasteiger partial charge on any atom is 0.334 e. The van der Waals surface area contributed by atoms with Gasteiger partial charge in [0, 0.05) is 14.2 Å². The molecule has 0 aromatic heterocycles. The summed E-state index contributed by atoms with van der Waals surface area (Å²) in [5.74, 6) is -9.55. The first-order chi connectivity index (χ1) is 10.7. The van der Waals surface area contributed by atoms with E-state index in [-0.39, 0.29) is 12.5 Å². The minimum Gasteiger partial charge on any atom is -0.398 e. The molecule has 0 spiro atoms. The van der Waals surface area contributed by atoms with Crippen molar-refractivity contribution in [1.82, 2.24) is 5.12 Å². The van der Waals surface area contributed by atoms with Gasteiger partial charge in [0.05, 0.1) is 12.1 Å². The number of hydrogen-bond donors (Lipinski definition) is 0. The van der Waals surface area contributed by atoms with E-state index in [0.717, 1.165) is 0 Å². The third-order valence-electron chi connectivity index (χ3n) is 3.40. The standard InChI is InChI=1S/C13H16F5NO3Si/c1-21-23(3,22-2)6-4-5-19(18)13(20)8-7-9(14)11(16)12(17)10(8)15/h7H,4-6H2,1-3H3. The lowest BCUT2D eigenvalue weighted by Gasteiger charge is -2.23. The maximum atomic E-state index is 13.7. The highest BCUT2D eigenvalue weighted by atomic mass is 28.4. The Bertz CT molecular complexity index is 583. The number of nitrogens with zero attached hydrogens (tertiary/aromatic N) is 1. The number of hydrogen-bond acceptors (Lipinski definition) is 3. The molecule has 23 heavy (non-hydrogen) atoms. The van der Waals surface area contributed by atoms with Crippen molar-refractivity contribution in [3.8, 4) is 0 Å². The molecule has 0 bridgehead atoms. The molecular weight excluding hydrogens is 341 g/mol. The van der Waals surface area contributed by atoms with Crippen LogP contribution in [0.3, 0.4) is 0 Å². The molecule has 130 valence electrons. The van der Waals surface area contributed by atoms with Crippen LogP contribution in [0.15, 0.2) is 6.07 Å². The third-order valence-corrected chi connectivity index (χ3v) is 6.39. The van der Waals surface area contributed by atoms with Gasteiger partial charge in [-0.15, -0.1) is 0 Å². The molecule has 4 nitrogen and oxygen atoms in total. The van der Waals surface area contributed by atoms with Crippen LogP contribution in [0.5, 0.6) is 0 Å². The molecule has 0 radical (unpaired) electrons. The highest BCUT2D eigenvalue weighted by Crippen LogP contribution is 2.21. The van der Waals surface area contributed by atoms with E-state index < -0.39 is 55.0 Å². The van der Waals surface area contributed by atoms with Gasteiger partial charge in [0.15, 0.2) is 23.3 Å². The van der Waals surface area contributed by atoms with Gasteiger partial charge in [0.2, 0.25) is 0 Å². The molecule has 10 heteroatoms. The van der Waals surface area contributed by atoms with Gasteiger partial charge in [-0.05, 0) is 25.1 Å². The van der Waals surface area contributed by atoms with Crippen molar-refractivity contribution < 1.29 is 35.7 Å². The molecule has 0 aliphatic rings. The van der Waals surface area contributed by atoms with Crippen molar-refractivity contribution in [2.45, 2.75) is 19.0 Å². The highest BCUT2D eigenvalue weighted by Gasteiger charge is 2.30. The van der Waals surface area contributed by atoms with Gasteiger partial charge in [-0.1, -0.05) is 4.48 Å². The molecule has 1 rings (SSSR count). The summed E-state index contributed by atoms with van der Waals surface area (Å²) in [6.45, 7) is 1.26. The van der Waals surface area contributed by atoms with Crippen molar-refractivity contribution in [1.29, 1.82) is 0 Å². The Labute approximate surface area is 131 Å². The fourth-order valence-corrected chi connectivity index (χ4v) is 3.16. The Kier molecular flexibility index (Phi) is 6.65. The van der Waals surface area contributed by atoms with Gasteiger partial charge in [0.1, 0.15) is 0 Å². The van der Waals surface area contributed by atoms with Crippen LogP contribution in [0, 0.1) is 23.3 Å². The van der Waals surface area contributed by atoms with Crippen molar-refractivity contribution in [2.24, 2.45) is 0 Å². The lowest BCUT2D eigenvalue weighted by atomic mass is 10.1. The van der Waals surface area contributed by atoms with Crippen LogP contribution in [0.25, 0.3) is 0 Å². The van der Waals surface area contributed by atoms with Gasteiger partial charge in [-0.2, -0.15) is 5.12 Å². The van der Waals surface area contributed by atoms with E-state index >= 15 is 0 Å². The summed E-state index contributed by atoms with van der Waals surface area (Å²) in [5.41, 5.74) is -1.22. The number of halogens is 5. The Morgan fingerprint density at radius 3 is 2.22 bits per heavy atom. The predicted molar refractivity (Wildman–Crippen MR) is 73.5 cm³/mol. The Morgan fingerprint density at radius 1 is 1.13 bits per heavy atom. The van der Waals surface area contributed by atoms with Crippen molar-refractivity contribution in [3.05, 3.63) is 34.9 Å². The Morgan fingerprint density at radius 2 is 1.70 bits per heavy atom. The van der Waals surface area contributed by atoms with Gasteiger partial charge in [0.25, 0.3) is 5.91 Å². The zero-order valence-corrected chi connectivity index (χ0v) is 13.8. The molecule has 0 saturated heterocycles. The summed E-state index contributed by atoms with van der Waals surface area (Å²) < 4.78 is 76.4. The molecule has 0 aliphatic carbocycles. The largest absolute Gasteiger partial charge is 0.398 e. The van der Waals surface area contributed by atoms with E-state index in [9.17, 15) is 26.8 Å². The van der Waals surface area contributed by atoms with Crippen LogP contribution < -0.4 is 0 Å². The van der Waals surface area contributed by atoms with E-state index in [1.54, 1.807) is 6.55 Å². The van der Waals surface area contributed by atoms with Crippen LogP contribution in [0.1, 0.15) is 16.8 Å². The normalized spacial score (nSPS) is 11.7. The van der Waals surface area contributed by atoms with Gasteiger partial charge < -0.3 is 8.85 Å². The second-order valence-electron chi connectivity index (χ2n) is 4.88. The fraction of sp³-hybridized carbons (Fsp3) is 0.462. The second kappa shape index (κ2) is 7.84. The van der Waals surface area contributed by atoms with E-state index in [1.807, 2.05) is 0 Å². The number of amides is 1. The Hall–Kier alpha value is -1.52. The topological polar surface area (TPSA) is 38.8 Å².